The van der Waals surface area contributed by atoms with Gasteiger partial charge < -0.3 is 10.6 Å². The highest BCUT2D eigenvalue weighted by Crippen LogP contribution is 2.21. The number of hydrogen-bond acceptors (Lipinski definition) is 4. The summed E-state index contributed by atoms with van der Waals surface area (Å²) in [5.74, 6) is -0.715. The van der Waals surface area contributed by atoms with Gasteiger partial charge in [0.2, 0.25) is 5.91 Å². The maximum absolute atomic E-state index is 12.5. The van der Waals surface area contributed by atoms with E-state index in [-0.39, 0.29) is 18.1 Å². The first-order chi connectivity index (χ1) is 15.6. The lowest BCUT2D eigenvalue weighted by Gasteiger charge is -2.07. The summed E-state index contributed by atoms with van der Waals surface area (Å²) in [7, 11) is 0. The second kappa shape index (κ2) is 9.70. The molecular weight excluding hydrogens is 402 g/mol. The Morgan fingerprint density at radius 1 is 0.812 bits per heavy atom. The van der Waals surface area contributed by atoms with E-state index in [1.165, 1.54) is 0 Å². The van der Waals surface area contributed by atoms with Gasteiger partial charge in [-0.15, -0.1) is 5.10 Å². The molecule has 2 amide bonds. The van der Waals surface area contributed by atoms with E-state index in [9.17, 15) is 9.59 Å². The van der Waals surface area contributed by atoms with Gasteiger partial charge in [0.25, 0.3) is 5.91 Å². The van der Waals surface area contributed by atoms with E-state index in [1.807, 2.05) is 84.9 Å². The number of hydrogen-bond donors (Lipinski definition) is 2. The van der Waals surface area contributed by atoms with Crippen LogP contribution in [-0.4, -0.2) is 33.4 Å². The third kappa shape index (κ3) is 4.89. The van der Waals surface area contributed by atoms with Crippen LogP contribution in [0.2, 0.25) is 0 Å². The molecule has 160 valence electrons. The topological polar surface area (TPSA) is 88.9 Å². The van der Waals surface area contributed by atoms with Crippen LogP contribution in [0.5, 0.6) is 0 Å². The third-order valence-corrected chi connectivity index (χ3v) is 5.07. The fraction of sp³-hybridized carbons (Fsp3) is 0.120. The van der Waals surface area contributed by atoms with Crippen molar-refractivity contribution in [3.63, 3.8) is 0 Å². The predicted molar refractivity (Wildman–Crippen MR) is 122 cm³/mol. The molecule has 0 unspecified atom stereocenters. The van der Waals surface area contributed by atoms with E-state index in [2.05, 4.69) is 20.9 Å². The van der Waals surface area contributed by atoms with Gasteiger partial charge in [-0.05, 0) is 35.7 Å². The first-order valence-electron chi connectivity index (χ1n) is 10.3. The normalized spacial score (nSPS) is 10.5. The fourth-order valence-corrected chi connectivity index (χ4v) is 3.31. The van der Waals surface area contributed by atoms with Crippen molar-refractivity contribution in [1.29, 1.82) is 0 Å². The highest BCUT2D eigenvalue weighted by molar-refractivity contribution is 5.95. The number of amides is 2. The Balaban J connectivity index is 1.37. The summed E-state index contributed by atoms with van der Waals surface area (Å²) >= 11 is 0. The lowest BCUT2D eigenvalue weighted by Crippen LogP contribution is -2.37. The molecule has 0 atom stereocenters. The Bertz CT molecular complexity index is 1200. The highest BCUT2D eigenvalue weighted by Gasteiger charge is 2.18. The van der Waals surface area contributed by atoms with Crippen LogP contribution in [0.25, 0.3) is 16.8 Å². The molecule has 3 aromatic carbocycles. The Labute approximate surface area is 186 Å². The molecule has 7 heteroatoms. The van der Waals surface area contributed by atoms with Crippen LogP contribution >= 0.6 is 0 Å². The number of rotatable bonds is 7. The molecule has 0 saturated heterocycles. The van der Waals surface area contributed by atoms with Crippen molar-refractivity contribution in [1.82, 2.24) is 25.6 Å². The zero-order chi connectivity index (χ0) is 22.3. The Kier molecular flexibility index (Phi) is 6.36. The van der Waals surface area contributed by atoms with Crippen molar-refractivity contribution in [2.45, 2.75) is 13.5 Å². The number of aromatic nitrogens is 3. The van der Waals surface area contributed by atoms with Crippen molar-refractivity contribution in [3.8, 4) is 16.8 Å². The molecule has 2 N–H and O–H groups in total. The van der Waals surface area contributed by atoms with Crippen molar-refractivity contribution in [3.05, 3.63) is 102 Å². The maximum atomic E-state index is 12.5. The number of nitrogens with zero attached hydrogens (tertiary/aromatic N) is 3. The van der Waals surface area contributed by atoms with Crippen LogP contribution in [-0.2, 0) is 11.3 Å². The van der Waals surface area contributed by atoms with Gasteiger partial charge in [-0.1, -0.05) is 78.0 Å². The molecule has 0 radical (unpaired) electrons. The monoisotopic (exact) mass is 425 g/mol. The molecule has 32 heavy (non-hydrogen) atoms. The summed E-state index contributed by atoms with van der Waals surface area (Å²) < 4.78 is 1.61. The van der Waals surface area contributed by atoms with E-state index < -0.39 is 5.91 Å². The zero-order valence-electron chi connectivity index (χ0n) is 17.7. The average molecular weight is 425 g/mol. The fourth-order valence-electron chi connectivity index (χ4n) is 3.31. The molecule has 0 saturated carbocycles. The van der Waals surface area contributed by atoms with Crippen molar-refractivity contribution < 1.29 is 9.59 Å². The predicted octanol–water partition coefficient (Wildman–Crippen LogP) is 3.29. The number of benzene rings is 3. The van der Waals surface area contributed by atoms with Crippen LogP contribution in [0.1, 0.15) is 21.7 Å². The van der Waals surface area contributed by atoms with Gasteiger partial charge in [-0.3, -0.25) is 9.59 Å². The molecule has 4 aromatic rings. The van der Waals surface area contributed by atoms with Gasteiger partial charge in [0.15, 0.2) is 5.69 Å². The minimum absolute atomic E-state index is 0.135. The van der Waals surface area contributed by atoms with Crippen LogP contribution in [0, 0.1) is 6.92 Å². The quantitative estimate of drug-likeness (QED) is 0.476. The summed E-state index contributed by atoms with van der Waals surface area (Å²) in [6, 6.07) is 27.5. The molecule has 0 aliphatic heterocycles. The summed E-state index contributed by atoms with van der Waals surface area (Å²) in [5, 5.41) is 13.5. The van der Waals surface area contributed by atoms with Crippen LogP contribution in [0.15, 0.2) is 84.9 Å². The Morgan fingerprint density at radius 3 is 2.12 bits per heavy atom. The number of nitrogens with one attached hydrogen (secondary N) is 2. The molecule has 0 aliphatic carbocycles. The van der Waals surface area contributed by atoms with Crippen LogP contribution in [0.3, 0.4) is 0 Å². The van der Waals surface area contributed by atoms with Crippen LogP contribution in [0.4, 0.5) is 0 Å². The Morgan fingerprint density at radius 2 is 1.44 bits per heavy atom. The third-order valence-electron chi connectivity index (χ3n) is 5.07. The second-order valence-corrected chi connectivity index (χ2v) is 7.29. The molecule has 7 nitrogen and oxygen atoms in total. The smallest absolute Gasteiger partial charge is 0.274 e. The van der Waals surface area contributed by atoms with E-state index in [0.717, 1.165) is 22.4 Å². The standard InChI is InChI=1S/C25H23N5O2/c1-18-24(25(32)27-17-23(31)26-16-19-8-4-2-5-9-19)28-29-30(18)22-14-12-21(13-15-22)20-10-6-3-7-11-20/h2-15H,16-17H2,1H3,(H,26,31)(H,27,32). The molecule has 1 aromatic heterocycles. The van der Waals surface area contributed by atoms with Gasteiger partial charge in [0.1, 0.15) is 0 Å². The highest BCUT2D eigenvalue weighted by atomic mass is 16.2. The van der Waals surface area contributed by atoms with E-state index in [1.54, 1.807) is 11.6 Å². The SMILES string of the molecule is Cc1c(C(=O)NCC(=O)NCc2ccccc2)nnn1-c1ccc(-c2ccccc2)cc1. The zero-order valence-corrected chi connectivity index (χ0v) is 17.7. The summed E-state index contributed by atoms with van der Waals surface area (Å²) in [6.45, 7) is 2.04. The van der Waals surface area contributed by atoms with Gasteiger partial charge >= 0.3 is 0 Å². The van der Waals surface area contributed by atoms with Gasteiger partial charge in [-0.2, -0.15) is 0 Å². The second-order valence-electron chi connectivity index (χ2n) is 7.29. The van der Waals surface area contributed by atoms with E-state index in [0.29, 0.717) is 12.2 Å². The summed E-state index contributed by atoms with van der Waals surface area (Å²) in [5.41, 5.74) is 4.79. The van der Waals surface area contributed by atoms with Gasteiger partial charge in [0, 0.05) is 6.54 Å². The van der Waals surface area contributed by atoms with E-state index >= 15 is 0 Å². The minimum Gasteiger partial charge on any atom is -0.350 e. The van der Waals surface area contributed by atoms with E-state index in [4.69, 9.17) is 0 Å². The lowest BCUT2D eigenvalue weighted by atomic mass is 10.1. The van der Waals surface area contributed by atoms with Crippen molar-refractivity contribution in [2.75, 3.05) is 6.54 Å². The number of carbonyl (C=O) groups excluding carboxylic acids is 2. The van der Waals surface area contributed by atoms with Crippen molar-refractivity contribution >= 4 is 11.8 Å². The summed E-state index contributed by atoms with van der Waals surface area (Å²) in [6.07, 6.45) is 0. The molecule has 0 spiro atoms. The largest absolute Gasteiger partial charge is 0.350 e. The first-order valence-corrected chi connectivity index (χ1v) is 10.3. The molecule has 1 heterocycles. The molecule has 0 bridgehead atoms. The average Bonchev–Trinajstić information content (AvgIpc) is 3.24. The molecular formula is C25H23N5O2. The molecule has 0 fully saturated rings. The van der Waals surface area contributed by atoms with Gasteiger partial charge in [-0.25, -0.2) is 4.68 Å². The first kappa shape index (κ1) is 21.0. The van der Waals surface area contributed by atoms with Gasteiger partial charge in [0.05, 0.1) is 17.9 Å². The maximum Gasteiger partial charge on any atom is 0.274 e. The molecule has 0 aliphatic rings. The van der Waals surface area contributed by atoms with Crippen LogP contribution < -0.4 is 10.6 Å². The number of carbonyl (C=O) groups is 2. The minimum atomic E-state index is -0.440. The lowest BCUT2D eigenvalue weighted by molar-refractivity contribution is -0.120. The Hall–Kier alpha value is -4.26. The molecule has 4 rings (SSSR count). The summed E-state index contributed by atoms with van der Waals surface area (Å²) in [4.78, 5) is 24.6. The van der Waals surface area contributed by atoms with Crippen molar-refractivity contribution in [2.24, 2.45) is 0 Å².